The van der Waals surface area contributed by atoms with Crippen molar-refractivity contribution in [2.75, 3.05) is 25.9 Å². The molecular formula is C13H33N3O3Si. The average Bonchev–Trinajstić information content (AvgIpc) is 2.23. The summed E-state index contributed by atoms with van der Waals surface area (Å²) in [4.78, 5) is 2.06. The second-order valence-corrected chi connectivity index (χ2v) is 11.1. The van der Waals surface area contributed by atoms with Crippen LogP contribution in [0.5, 0.6) is 0 Å². The second kappa shape index (κ2) is 7.30. The van der Waals surface area contributed by atoms with E-state index in [-0.39, 0.29) is 6.61 Å². The highest BCUT2D eigenvalue weighted by atomic mass is 28.4. The molecule has 0 saturated heterocycles. The maximum atomic E-state index is 9.62. The summed E-state index contributed by atoms with van der Waals surface area (Å²) in [5.41, 5.74) is 11.6. The van der Waals surface area contributed by atoms with E-state index < -0.39 is 25.3 Å². The fourth-order valence-corrected chi connectivity index (χ4v) is 5.14. The Morgan fingerprint density at radius 3 is 2.05 bits per heavy atom. The van der Waals surface area contributed by atoms with Crippen molar-refractivity contribution in [1.82, 2.24) is 4.90 Å². The Morgan fingerprint density at radius 1 is 1.25 bits per heavy atom. The zero-order valence-corrected chi connectivity index (χ0v) is 14.8. The van der Waals surface area contributed by atoms with Crippen molar-refractivity contribution in [3.8, 4) is 0 Å². The molecule has 0 aromatic heterocycles. The van der Waals surface area contributed by atoms with Crippen molar-refractivity contribution in [3.05, 3.63) is 0 Å². The molecule has 20 heavy (non-hydrogen) atoms. The molecule has 0 aliphatic carbocycles. The lowest BCUT2D eigenvalue weighted by Gasteiger charge is -2.45. The van der Waals surface area contributed by atoms with Crippen molar-refractivity contribution in [3.63, 3.8) is 0 Å². The minimum absolute atomic E-state index is 0.246. The molecule has 0 amide bonds. The summed E-state index contributed by atoms with van der Waals surface area (Å²) in [7, 11) is -2.36. The Bertz CT molecular complexity index is 292. The van der Waals surface area contributed by atoms with E-state index in [9.17, 15) is 5.11 Å². The van der Waals surface area contributed by atoms with Gasteiger partial charge < -0.3 is 31.0 Å². The SMILES string of the molecule is CCN(CC(O)CO)C[Si](C)(OC(C)(C)N)C(C)(C)N. The van der Waals surface area contributed by atoms with Crippen LogP contribution in [0.4, 0.5) is 0 Å². The van der Waals surface area contributed by atoms with Gasteiger partial charge in [0.1, 0.15) is 0 Å². The zero-order valence-electron chi connectivity index (χ0n) is 13.8. The molecule has 0 aromatic rings. The van der Waals surface area contributed by atoms with Gasteiger partial charge in [0, 0.05) is 17.9 Å². The predicted molar refractivity (Wildman–Crippen MR) is 84.4 cm³/mol. The smallest absolute Gasteiger partial charge is 0.224 e. The summed E-state index contributed by atoms with van der Waals surface area (Å²) >= 11 is 0. The largest absolute Gasteiger partial charge is 0.397 e. The molecule has 2 unspecified atom stereocenters. The number of rotatable bonds is 9. The first-order valence-corrected chi connectivity index (χ1v) is 9.75. The summed E-state index contributed by atoms with van der Waals surface area (Å²) in [6.45, 7) is 12.5. The van der Waals surface area contributed by atoms with Crippen LogP contribution in [-0.4, -0.2) is 66.3 Å². The Morgan fingerprint density at radius 2 is 1.75 bits per heavy atom. The first-order chi connectivity index (χ1) is 8.84. The van der Waals surface area contributed by atoms with E-state index in [1.807, 2.05) is 34.6 Å². The fraction of sp³-hybridized carbons (Fsp3) is 1.00. The van der Waals surface area contributed by atoms with Crippen LogP contribution in [0.15, 0.2) is 0 Å². The Kier molecular flexibility index (Phi) is 7.30. The van der Waals surface area contributed by atoms with E-state index in [1.54, 1.807) is 0 Å². The van der Waals surface area contributed by atoms with Crippen molar-refractivity contribution in [2.45, 2.75) is 58.2 Å². The van der Waals surface area contributed by atoms with E-state index in [1.165, 1.54) is 0 Å². The van der Waals surface area contributed by atoms with Gasteiger partial charge in [-0.3, -0.25) is 0 Å². The first-order valence-electron chi connectivity index (χ1n) is 7.14. The molecular weight excluding hydrogens is 274 g/mol. The van der Waals surface area contributed by atoms with Crippen molar-refractivity contribution < 1.29 is 14.6 Å². The van der Waals surface area contributed by atoms with Gasteiger partial charge >= 0.3 is 0 Å². The molecule has 0 aliphatic rings. The number of nitrogens with zero attached hydrogens (tertiary/aromatic N) is 1. The molecule has 122 valence electrons. The lowest BCUT2D eigenvalue weighted by atomic mass is 10.3. The molecule has 0 aliphatic heterocycles. The molecule has 0 heterocycles. The summed E-state index contributed by atoms with van der Waals surface area (Å²) in [5, 5.41) is 18.1. The van der Waals surface area contributed by atoms with Gasteiger partial charge in [-0.15, -0.1) is 0 Å². The molecule has 0 aromatic carbocycles. The van der Waals surface area contributed by atoms with Gasteiger partial charge in [-0.05, 0) is 40.8 Å². The maximum absolute atomic E-state index is 9.62. The Hall–Kier alpha value is -0.0231. The standard InChI is InChI=1S/C13H33N3O3Si/c1-7-16(8-11(18)9-17)10-20(6,13(4,5)15)19-12(2,3)14/h11,17-18H,7-10,14-15H2,1-6H3. The van der Waals surface area contributed by atoms with Crippen LogP contribution in [0.1, 0.15) is 34.6 Å². The van der Waals surface area contributed by atoms with E-state index >= 15 is 0 Å². The van der Waals surface area contributed by atoms with Crippen molar-refractivity contribution in [2.24, 2.45) is 11.5 Å². The molecule has 6 nitrogen and oxygen atoms in total. The van der Waals surface area contributed by atoms with E-state index in [0.29, 0.717) is 12.7 Å². The van der Waals surface area contributed by atoms with Crippen LogP contribution in [0.2, 0.25) is 6.55 Å². The third kappa shape index (κ3) is 6.62. The van der Waals surface area contributed by atoms with Gasteiger partial charge in [0.15, 0.2) is 0 Å². The van der Waals surface area contributed by atoms with Gasteiger partial charge in [0.2, 0.25) is 8.32 Å². The molecule has 0 spiro atoms. The first kappa shape index (κ1) is 20.0. The van der Waals surface area contributed by atoms with Crippen LogP contribution in [0.3, 0.4) is 0 Å². The fourth-order valence-electron chi connectivity index (χ4n) is 2.04. The lowest BCUT2D eigenvalue weighted by molar-refractivity contribution is 0.0565. The Labute approximate surface area is 124 Å². The summed E-state index contributed by atoms with van der Waals surface area (Å²) < 4.78 is 6.14. The van der Waals surface area contributed by atoms with Crippen LogP contribution in [-0.2, 0) is 4.43 Å². The van der Waals surface area contributed by atoms with Gasteiger partial charge in [0.25, 0.3) is 0 Å². The molecule has 0 rings (SSSR count). The molecule has 7 heteroatoms. The lowest BCUT2D eigenvalue weighted by Crippen LogP contribution is -2.69. The summed E-state index contributed by atoms with van der Waals surface area (Å²) in [6.07, 6.45) is -0.0926. The van der Waals surface area contributed by atoms with Crippen LogP contribution >= 0.6 is 0 Å². The summed E-state index contributed by atoms with van der Waals surface area (Å²) in [5.74, 6) is 0. The third-order valence-electron chi connectivity index (χ3n) is 3.50. The molecule has 0 radical (unpaired) electrons. The Balaban J connectivity index is 5.05. The zero-order chi connectivity index (χ0) is 16.2. The molecule has 0 fully saturated rings. The number of nitrogens with two attached hydrogens (primary N) is 2. The number of aliphatic hydroxyl groups is 2. The second-order valence-electron chi connectivity index (χ2n) is 6.82. The summed E-state index contributed by atoms with van der Waals surface area (Å²) in [6, 6.07) is 0. The number of hydrogen-bond donors (Lipinski definition) is 4. The maximum Gasteiger partial charge on any atom is 0.224 e. The molecule has 2 atom stereocenters. The van der Waals surface area contributed by atoms with E-state index in [2.05, 4.69) is 11.4 Å². The normalized spacial score (nSPS) is 18.1. The number of aliphatic hydroxyl groups excluding tert-OH is 2. The number of hydrogen-bond acceptors (Lipinski definition) is 6. The van der Waals surface area contributed by atoms with E-state index in [4.69, 9.17) is 21.0 Å². The van der Waals surface area contributed by atoms with Gasteiger partial charge in [-0.1, -0.05) is 6.92 Å². The quantitative estimate of drug-likeness (QED) is 0.346. The van der Waals surface area contributed by atoms with Gasteiger partial charge in [0.05, 0.1) is 18.4 Å². The third-order valence-corrected chi connectivity index (χ3v) is 8.26. The van der Waals surface area contributed by atoms with Gasteiger partial charge in [-0.2, -0.15) is 0 Å². The molecule has 0 saturated carbocycles. The van der Waals surface area contributed by atoms with Crippen LogP contribution in [0, 0.1) is 0 Å². The monoisotopic (exact) mass is 307 g/mol. The molecule has 0 bridgehead atoms. The van der Waals surface area contributed by atoms with Gasteiger partial charge in [-0.25, -0.2) is 0 Å². The minimum Gasteiger partial charge on any atom is -0.397 e. The van der Waals surface area contributed by atoms with Crippen LogP contribution < -0.4 is 11.5 Å². The van der Waals surface area contributed by atoms with E-state index in [0.717, 1.165) is 6.54 Å². The highest BCUT2D eigenvalue weighted by molar-refractivity contribution is 6.75. The minimum atomic E-state index is -2.36. The van der Waals surface area contributed by atoms with Crippen LogP contribution in [0.25, 0.3) is 0 Å². The number of likely N-dealkylation sites (N-methyl/N-ethyl adjacent to an activating group) is 1. The predicted octanol–water partition coefficient (Wildman–Crippen LogP) is -0.236. The highest BCUT2D eigenvalue weighted by Crippen LogP contribution is 2.24. The average molecular weight is 308 g/mol. The molecule has 6 N–H and O–H groups in total. The highest BCUT2D eigenvalue weighted by Gasteiger charge is 2.46. The topological polar surface area (TPSA) is 105 Å². The van der Waals surface area contributed by atoms with Crippen molar-refractivity contribution in [1.29, 1.82) is 0 Å². The van der Waals surface area contributed by atoms with Crippen molar-refractivity contribution >= 4 is 8.32 Å².